The van der Waals surface area contributed by atoms with E-state index in [0.29, 0.717) is 18.8 Å². The van der Waals surface area contributed by atoms with Crippen LogP contribution in [0.1, 0.15) is 17.4 Å². The van der Waals surface area contributed by atoms with Crippen molar-refractivity contribution < 1.29 is 9.47 Å². The Morgan fingerprint density at radius 1 is 1.29 bits per heavy atom. The van der Waals surface area contributed by atoms with Gasteiger partial charge < -0.3 is 9.47 Å². The van der Waals surface area contributed by atoms with Crippen molar-refractivity contribution in [3.05, 3.63) is 33.8 Å². The van der Waals surface area contributed by atoms with Crippen LogP contribution in [0, 0.1) is 11.3 Å². The summed E-state index contributed by atoms with van der Waals surface area (Å²) < 4.78 is 11.5. The topological polar surface area (TPSA) is 42.2 Å². The second-order valence-electron chi connectivity index (χ2n) is 2.96. The summed E-state index contributed by atoms with van der Waals surface area (Å²) in [6, 6.07) is 7.53. The van der Waals surface area contributed by atoms with Crippen molar-refractivity contribution >= 4 is 15.9 Å². The lowest BCUT2D eigenvalue weighted by atomic mass is 10.1. The molecule has 0 amide bonds. The molecule has 4 heteroatoms. The molecule has 3 nitrogen and oxygen atoms in total. The van der Waals surface area contributed by atoms with Crippen molar-refractivity contribution in [2.24, 2.45) is 0 Å². The van der Waals surface area contributed by atoms with Crippen LogP contribution in [0.5, 0.6) is 0 Å². The highest BCUT2D eigenvalue weighted by Crippen LogP contribution is 2.26. The molecule has 1 aliphatic rings. The van der Waals surface area contributed by atoms with Crippen molar-refractivity contribution in [3.63, 3.8) is 0 Å². The van der Waals surface area contributed by atoms with Crippen molar-refractivity contribution in [3.8, 4) is 6.07 Å². The molecular weight excluding hydrogens is 246 g/mol. The molecule has 0 atom stereocenters. The molecule has 2 rings (SSSR count). The molecule has 1 saturated heterocycles. The number of halogens is 1. The molecule has 0 aromatic heterocycles. The van der Waals surface area contributed by atoms with Crippen molar-refractivity contribution in [2.45, 2.75) is 6.29 Å². The van der Waals surface area contributed by atoms with Crippen LogP contribution in [-0.2, 0) is 9.47 Å². The van der Waals surface area contributed by atoms with Crippen molar-refractivity contribution in [2.75, 3.05) is 13.2 Å². The third kappa shape index (κ3) is 1.95. The maximum Gasteiger partial charge on any atom is 0.184 e. The van der Waals surface area contributed by atoms with E-state index in [4.69, 9.17) is 14.7 Å². The number of benzene rings is 1. The van der Waals surface area contributed by atoms with E-state index in [-0.39, 0.29) is 6.29 Å². The first-order valence-corrected chi connectivity index (χ1v) is 5.03. The summed E-state index contributed by atoms with van der Waals surface area (Å²) in [5, 5.41) is 8.78. The molecule has 1 aromatic rings. The van der Waals surface area contributed by atoms with Gasteiger partial charge in [0.15, 0.2) is 6.29 Å². The van der Waals surface area contributed by atoms with Gasteiger partial charge in [-0.1, -0.05) is 15.9 Å². The number of nitriles is 1. The van der Waals surface area contributed by atoms with Crippen LogP contribution in [0.4, 0.5) is 0 Å². The van der Waals surface area contributed by atoms with E-state index in [1.54, 1.807) is 12.1 Å². The Bertz CT molecular complexity index is 380. The van der Waals surface area contributed by atoms with Gasteiger partial charge in [-0.25, -0.2) is 0 Å². The minimum Gasteiger partial charge on any atom is -0.346 e. The van der Waals surface area contributed by atoms with Gasteiger partial charge in [0.05, 0.1) is 24.8 Å². The molecule has 1 fully saturated rings. The highest BCUT2D eigenvalue weighted by Gasteiger charge is 2.18. The summed E-state index contributed by atoms with van der Waals surface area (Å²) in [6.45, 7) is 1.22. The molecule has 0 spiro atoms. The molecule has 0 radical (unpaired) electrons. The van der Waals surface area contributed by atoms with Gasteiger partial charge in [0, 0.05) is 10.0 Å². The van der Waals surface area contributed by atoms with Gasteiger partial charge in [0.25, 0.3) is 0 Å². The Balaban J connectivity index is 2.33. The van der Waals surface area contributed by atoms with Crippen LogP contribution in [0.3, 0.4) is 0 Å². The van der Waals surface area contributed by atoms with E-state index in [2.05, 4.69) is 22.0 Å². The highest BCUT2D eigenvalue weighted by molar-refractivity contribution is 9.10. The molecule has 0 unspecified atom stereocenters. The van der Waals surface area contributed by atoms with Crippen LogP contribution in [-0.4, -0.2) is 13.2 Å². The molecule has 0 bridgehead atoms. The van der Waals surface area contributed by atoms with E-state index < -0.39 is 0 Å². The quantitative estimate of drug-likeness (QED) is 0.772. The fourth-order valence-corrected chi connectivity index (χ4v) is 1.87. The zero-order valence-corrected chi connectivity index (χ0v) is 8.95. The lowest BCUT2D eigenvalue weighted by Gasteiger charge is -2.09. The molecule has 0 N–H and O–H groups in total. The molecule has 0 aliphatic carbocycles. The normalized spacial score (nSPS) is 16.9. The summed E-state index contributed by atoms with van der Waals surface area (Å²) >= 11 is 3.34. The Kier molecular flexibility index (Phi) is 2.82. The third-order valence-electron chi connectivity index (χ3n) is 1.94. The molecular formula is C10H8BrNO2. The van der Waals surface area contributed by atoms with Crippen LogP contribution in [0.15, 0.2) is 22.7 Å². The third-order valence-corrected chi connectivity index (χ3v) is 2.40. The van der Waals surface area contributed by atoms with E-state index in [1.165, 1.54) is 0 Å². The first-order chi connectivity index (χ1) is 6.79. The smallest absolute Gasteiger partial charge is 0.184 e. The second kappa shape index (κ2) is 4.09. The van der Waals surface area contributed by atoms with Crippen molar-refractivity contribution in [1.82, 2.24) is 0 Å². The van der Waals surface area contributed by atoms with Crippen LogP contribution in [0.2, 0.25) is 0 Å². The second-order valence-corrected chi connectivity index (χ2v) is 3.87. The fourth-order valence-electron chi connectivity index (χ4n) is 1.36. The maximum atomic E-state index is 8.78. The lowest BCUT2D eigenvalue weighted by molar-refractivity contribution is -0.0441. The minimum absolute atomic E-state index is 0.320. The Morgan fingerprint density at radius 3 is 2.64 bits per heavy atom. The van der Waals surface area contributed by atoms with Gasteiger partial charge in [-0.3, -0.25) is 0 Å². The first kappa shape index (κ1) is 9.66. The van der Waals surface area contributed by atoms with Gasteiger partial charge in [0.1, 0.15) is 0 Å². The predicted molar refractivity (Wildman–Crippen MR) is 53.5 cm³/mol. The predicted octanol–water partition coefficient (Wildman–Crippen LogP) is 2.37. The van der Waals surface area contributed by atoms with Crippen molar-refractivity contribution in [1.29, 1.82) is 5.26 Å². The summed E-state index contributed by atoms with van der Waals surface area (Å²) in [5.41, 5.74) is 1.49. The van der Waals surface area contributed by atoms with Gasteiger partial charge in [-0.05, 0) is 18.2 Å². The average molecular weight is 254 g/mol. The number of nitrogens with zero attached hydrogens (tertiary/aromatic N) is 1. The SMILES string of the molecule is N#Cc1cc(Br)cc(C2OCCO2)c1. The zero-order valence-electron chi connectivity index (χ0n) is 7.37. The van der Waals surface area contributed by atoms with E-state index in [9.17, 15) is 0 Å². The van der Waals surface area contributed by atoms with Crippen LogP contribution in [0.25, 0.3) is 0 Å². The standard InChI is InChI=1S/C10H8BrNO2/c11-9-4-7(6-12)3-8(5-9)10-13-1-2-14-10/h3-5,10H,1-2H2. The minimum atomic E-state index is -0.320. The summed E-state index contributed by atoms with van der Waals surface area (Å²) in [4.78, 5) is 0. The van der Waals surface area contributed by atoms with Crippen LogP contribution >= 0.6 is 15.9 Å². The average Bonchev–Trinajstić information content (AvgIpc) is 2.69. The maximum absolute atomic E-state index is 8.78. The van der Waals surface area contributed by atoms with E-state index in [0.717, 1.165) is 10.0 Å². The largest absolute Gasteiger partial charge is 0.346 e. The zero-order chi connectivity index (χ0) is 9.97. The Hall–Kier alpha value is -0.890. The van der Waals surface area contributed by atoms with Gasteiger partial charge in [0.2, 0.25) is 0 Å². The van der Waals surface area contributed by atoms with Gasteiger partial charge >= 0.3 is 0 Å². The molecule has 1 aromatic carbocycles. The molecule has 72 valence electrons. The molecule has 1 aliphatic heterocycles. The Labute approximate surface area is 90.4 Å². The van der Waals surface area contributed by atoms with E-state index >= 15 is 0 Å². The molecule has 1 heterocycles. The van der Waals surface area contributed by atoms with Crippen LogP contribution < -0.4 is 0 Å². The van der Waals surface area contributed by atoms with E-state index in [1.807, 2.05) is 6.07 Å². The number of hydrogen-bond donors (Lipinski definition) is 0. The number of rotatable bonds is 1. The van der Waals surface area contributed by atoms with Gasteiger partial charge in [-0.2, -0.15) is 5.26 Å². The van der Waals surface area contributed by atoms with Gasteiger partial charge in [-0.15, -0.1) is 0 Å². The monoisotopic (exact) mass is 253 g/mol. The lowest BCUT2D eigenvalue weighted by Crippen LogP contribution is -1.98. The number of hydrogen-bond acceptors (Lipinski definition) is 3. The summed E-state index contributed by atoms with van der Waals surface area (Å²) in [6.07, 6.45) is -0.320. The molecule has 14 heavy (non-hydrogen) atoms. The fraction of sp³-hybridized carbons (Fsp3) is 0.300. The summed E-state index contributed by atoms with van der Waals surface area (Å²) in [7, 11) is 0. The first-order valence-electron chi connectivity index (χ1n) is 4.23. The Morgan fingerprint density at radius 2 is 2.00 bits per heavy atom. The number of ether oxygens (including phenoxy) is 2. The summed E-state index contributed by atoms with van der Waals surface area (Å²) in [5.74, 6) is 0. The molecule has 0 saturated carbocycles. The highest BCUT2D eigenvalue weighted by atomic mass is 79.9.